The van der Waals surface area contributed by atoms with Crippen LogP contribution in [0.3, 0.4) is 0 Å². The van der Waals surface area contributed by atoms with Gasteiger partial charge in [0.2, 0.25) is 5.91 Å². The third-order valence-electron chi connectivity index (χ3n) is 4.66. The summed E-state index contributed by atoms with van der Waals surface area (Å²) in [7, 11) is 0. The van der Waals surface area contributed by atoms with Crippen LogP contribution in [0.1, 0.15) is 27.1 Å². The second-order valence-corrected chi connectivity index (χ2v) is 6.42. The Bertz CT molecular complexity index is 935. The minimum atomic E-state index is -0.391. The summed E-state index contributed by atoms with van der Waals surface area (Å²) in [6.45, 7) is 0.857. The van der Waals surface area contributed by atoms with Gasteiger partial charge in [0.25, 0.3) is 11.8 Å². The van der Waals surface area contributed by atoms with Crippen molar-refractivity contribution in [1.29, 1.82) is 0 Å². The third-order valence-corrected chi connectivity index (χ3v) is 4.66. The van der Waals surface area contributed by atoms with Crippen molar-refractivity contribution in [2.24, 2.45) is 0 Å². The first-order valence-electron chi connectivity index (χ1n) is 8.84. The first kappa shape index (κ1) is 17.7. The smallest absolute Gasteiger partial charge is 0.414 e. The van der Waals surface area contributed by atoms with Gasteiger partial charge in [-0.25, -0.2) is 4.79 Å². The van der Waals surface area contributed by atoms with Crippen molar-refractivity contribution in [2.75, 3.05) is 29.9 Å². The van der Waals surface area contributed by atoms with Crippen LogP contribution < -0.4 is 10.2 Å². The average Bonchev–Trinajstić information content (AvgIpc) is 3.23. The second kappa shape index (κ2) is 7.15. The van der Waals surface area contributed by atoms with Crippen molar-refractivity contribution >= 4 is 35.2 Å². The van der Waals surface area contributed by atoms with Gasteiger partial charge in [0, 0.05) is 24.3 Å². The van der Waals surface area contributed by atoms with Gasteiger partial charge in [0.1, 0.15) is 6.61 Å². The highest BCUT2D eigenvalue weighted by Crippen LogP contribution is 2.23. The molecule has 8 nitrogen and oxygen atoms in total. The van der Waals surface area contributed by atoms with Gasteiger partial charge >= 0.3 is 6.09 Å². The number of carbonyl (C=O) groups excluding carboxylic acids is 4. The molecule has 2 aliphatic rings. The number of amides is 4. The number of nitrogens with zero attached hydrogens (tertiary/aromatic N) is 2. The maximum atomic E-state index is 12.3. The Morgan fingerprint density at radius 1 is 0.964 bits per heavy atom. The number of rotatable bonds is 5. The molecule has 2 aromatic carbocycles. The van der Waals surface area contributed by atoms with E-state index in [4.69, 9.17) is 4.74 Å². The molecule has 4 rings (SSSR count). The fourth-order valence-electron chi connectivity index (χ4n) is 3.23. The van der Waals surface area contributed by atoms with Gasteiger partial charge in [0.15, 0.2) is 0 Å². The number of benzene rings is 2. The Labute approximate surface area is 160 Å². The van der Waals surface area contributed by atoms with E-state index in [1.165, 1.54) is 4.90 Å². The first-order valence-corrected chi connectivity index (χ1v) is 8.84. The third kappa shape index (κ3) is 3.20. The molecule has 1 fully saturated rings. The van der Waals surface area contributed by atoms with Gasteiger partial charge < -0.3 is 10.1 Å². The van der Waals surface area contributed by atoms with Crippen LogP contribution in [0.5, 0.6) is 0 Å². The van der Waals surface area contributed by atoms with Crippen LogP contribution in [0.15, 0.2) is 48.5 Å². The minimum absolute atomic E-state index is 0.00826. The lowest BCUT2D eigenvalue weighted by Gasteiger charge is -2.15. The van der Waals surface area contributed by atoms with Crippen LogP contribution in [0.4, 0.5) is 16.2 Å². The molecule has 142 valence electrons. The van der Waals surface area contributed by atoms with Gasteiger partial charge in [-0.05, 0) is 36.4 Å². The number of imide groups is 1. The molecule has 4 amide bonds. The van der Waals surface area contributed by atoms with E-state index in [1.54, 1.807) is 48.5 Å². The monoisotopic (exact) mass is 379 g/mol. The highest BCUT2D eigenvalue weighted by atomic mass is 16.6. The SMILES string of the molecule is O=C(CCN1C(=O)c2ccccc2C1=O)Nc1ccc(N2CCOC2=O)cc1. The zero-order valence-electron chi connectivity index (χ0n) is 14.9. The molecule has 0 aromatic heterocycles. The van der Waals surface area contributed by atoms with E-state index >= 15 is 0 Å². The van der Waals surface area contributed by atoms with E-state index in [0.717, 1.165) is 4.90 Å². The molecule has 2 aliphatic heterocycles. The molecular formula is C20H17N3O5. The summed E-state index contributed by atoms with van der Waals surface area (Å²) in [5.41, 5.74) is 1.98. The molecule has 1 saturated heterocycles. The Kier molecular flexibility index (Phi) is 4.52. The zero-order chi connectivity index (χ0) is 19.7. The Balaban J connectivity index is 1.33. The standard InChI is InChI=1S/C20H17N3O5/c24-17(9-10-23-18(25)15-3-1-2-4-16(15)19(23)26)21-13-5-7-14(8-6-13)22-11-12-28-20(22)27/h1-8H,9-12H2,(H,21,24). The van der Waals surface area contributed by atoms with Crippen LogP contribution >= 0.6 is 0 Å². The fourth-order valence-corrected chi connectivity index (χ4v) is 3.23. The molecule has 2 heterocycles. The zero-order valence-corrected chi connectivity index (χ0v) is 14.9. The van der Waals surface area contributed by atoms with Crippen molar-refractivity contribution in [1.82, 2.24) is 4.90 Å². The molecule has 0 saturated carbocycles. The first-order chi connectivity index (χ1) is 13.5. The van der Waals surface area contributed by atoms with E-state index in [-0.39, 0.29) is 30.7 Å². The highest BCUT2D eigenvalue weighted by molar-refractivity contribution is 6.21. The van der Waals surface area contributed by atoms with Crippen LogP contribution in [0, 0.1) is 0 Å². The van der Waals surface area contributed by atoms with Gasteiger partial charge in [0.05, 0.1) is 17.7 Å². The molecule has 0 unspecified atom stereocenters. The summed E-state index contributed by atoms with van der Waals surface area (Å²) in [5.74, 6) is -1.07. The quantitative estimate of drug-likeness (QED) is 0.804. The summed E-state index contributed by atoms with van der Waals surface area (Å²) in [6, 6.07) is 13.4. The lowest BCUT2D eigenvalue weighted by atomic mass is 10.1. The summed E-state index contributed by atoms with van der Waals surface area (Å²) in [6.07, 6.45) is -0.399. The Hall–Kier alpha value is -3.68. The van der Waals surface area contributed by atoms with E-state index in [9.17, 15) is 19.2 Å². The van der Waals surface area contributed by atoms with Gasteiger partial charge in [-0.3, -0.25) is 24.2 Å². The van der Waals surface area contributed by atoms with E-state index in [1.807, 2.05) is 0 Å². The van der Waals surface area contributed by atoms with Crippen molar-refractivity contribution in [2.45, 2.75) is 6.42 Å². The molecule has 0 aliphatic carbocycles. The van der Waals surface area contributed by atoms with Crippen LogP contribution in [-0.2, 0) is 9.53 Å². The molecule has 28 heavy (non-hydrogen) atoms. The summed E-state index contributed by atoms with van der Waals surface area (Å²) in [4.78, 5) is 51.0. The highest BCUT2D eigenvalue weighted by Gasteiger charge is 2.34. The van der Waals surface area contributed by atoms with Crippen molar-refractivity contribution in [3.63, 3.8) is 0 Å². The molecule has 0 atom stereocenters. The number of carbonyl (C=O) groups is 4. The maximum absolute atomic E-state index is 12.3. The summed E-state index contributed by atoms with van der Waals surface area (Å²) < 4.78 is 4.89. The van der Waals surface area contributed by atoms with Crippen LogP contribution in [0.25, 0.3) is 0 Å². The van der Waals surface area contributed by atoms with Crippen molar-refractivity contribution in [3.8, 4) is 0 Å². The molecule has 8 heteroatoms. The molecule has 0 bridgehead atoms. The number of ether oxygens (including phenoxy) is 1. The van der Waals surface area contributed by atoms with E-state index in [2.05, 4.69) is 5.32 Å². The van der Waals surface area contributed by atoms with Gasteiger partial charge in [-0.15, -0.1) is 0 Å². The molecule has 1 N–H and O–H groups in total. The van der Waals surface area contributed by atoms with Crippen molar-refractivity contribution < 1.29 is 23.9 Å². The number of fused-ring (bicyclic) bond motifs is 1. The number of anilines is 2. The number of hydrogen-bond donors (Lipinski definition) is 1. The predicted octanol–water partition coefficient (Wildman–Crippen LogP) is 2.27. The van der Waals surface area contributed by atoms with E-state index < -0.39 is 6.09 Å². The molecular weight excluding hydrogens is 362 g/mol. The van der Waals surface area contributed by atoms with Crippen LogP contribution in [0.2, 0.25) is 0 Å². The normalized spacial score (nSPS) is 15.6. The number of nitrogens with one attached hydrogen (secondary N) is 1. The van der Waals surface area contributed by atoms with Gasteiger partial charge in [-0.1, -0.05) is 12.1 Å². The fraction of sp³-hybridized carbons (Fsp3) is 0.200. The van der Waals surface area contributed by atoms with E-state index in [0.29, 0.717) is 35.7 Å². The largest absolute Gasteiger partial charge is 0.447 e. The maximum Gasteiger partial charge on any atom is 0.414 e. The second-order valence-electron chi connectivity index (χ2n) is 6.42. The number of cyclic esters (lactones) is 1. The lowest BCUT2D eigenvalue weighted by molar-refractivity contribution is -0.116. The minimum Gasteiger partial charge on any atom is -0.447 e. The predicted molar refractivity (Wildman–Crippen MR) is 100 cm³/mol. The average molecular weight is 379 g/mol. The molecule has 0 spiro atoms. The van der Waals surface area contributed by atoms with Crippen molar-refractivity contribution in [3.05, 3.63) is 59.7 Å². The Morgan fingerprint density at radius 3 is 2.18 bits per heavy atom. The molecule has 0 radical (unpaired) electrons. The molecule has 2 aromatic rings. The Morgan fingerprint density at radius 2 is 1.61 bits per heavy atom. The number of hydrogen-bond acceptors (Lipinski definition) is 5. The van der Waals surface area contributed by atoms with Gasteiger partial charge in [-0.2, -0.15) is 0 Å². The summed E-state index contributed by atoms with van der Waals surface area (Å²) >= 11 is 0. The van der Waals surface area contributed by atoms with Crippen LogP contribution in [-0.4, -0.2) is 48.4 Å². The topological polar surface area (TPSA) is 96.0 Å². The summed E-state index contributed by atoms with van der Waals surface area (Å²) in [5, 5.41) is 2.72. The lowest BCUT2D eigenvalue weighted by Crippen LogP contribution is -2.32.